The molecule has 0 saturated carbocycles. The van der Waals surface area contributed by atoms with Crippen LogP contribution < -0.4 is 5.32 Å². The van der Waals surface area contributed by atoms with Gasteiger partial charge in [0.2, 0.25) is 5.76 Å². The summed E-state index contributed by atoms with van der Waals surface area (Å²) in [6, 6.07) is 3.03. The molecule has 0 bridgehead atoms. The van der Waals surface area contributed by atoms with E-state index in [0.29, 0.717) is 12.3 Å². The predicted octanol–water partition coefficient (Wildman–Crippen LogP) is 1.23. The largest absolute Gasteiger partial charge is 0.475 e. The van der Waals surface area contributed by atoms with Crippen LogP contribution >= 0.6 is 0 Å². The Morgan fingerprint density at radius 1 is 1.56 bits per heavy atom. The number of carboxylic acids is 1. The first-order valence-corrected chi connectivity index (χ1v) is 5.18. The molecule has 0 spiro atoms. The molecule has 0 amide bonds. The van der Waals surface area contributed by atoms with Gasteiger partial charge in [0.1, 0.15) is 5.76 Å². The van der Waals surface area contributed by atoms with Crippen molar-refractivity contribution in [1.29, 1.82) is 0 Å². The second kappa shape index (κ2) is 5.14. The number of carbonyl (C=O) groups is 1. The average Bonchev–Trinajstić information content (AvgIpc) is 2.75. The minimum absolute atomic E-state index is 0.0238. The lowest BCUT2D eigenvalue weighted by Gasteiger charge is -2.26. The number of nitrogens with one attached hydrogen (secondary N) is 1. The number of rotatable bonds is 6. The molecular formula is C11H17NO4. The Morgan fingerprint density at radius 3 is 2.69 bits per heavy atom. The molecule has 1 rings (SSSR count). The fraction of sp³-hybridized carbons (Fsp3) is 0.545. The van der Waals surface area contributed by atoms with Gasteiger partial charge in [0.15, 0.2) is 0 Å². The third kappa shape index (κ3) is 3.08. The lowest BCUT2D eigenvalue weighted by Crippen LogP contribution is -2.44. The minimum Gasteiger partial charge on any atom is -0.475 e. The third-order valence-corrected chi connectivity index (χ3v) is 2.69. The maximum Gasteiger partial charge on any atom is 0.371 e. The number of carboxylic acid groups (broad SMARTS) is 1. The molecule has 90 valence electrons. The molecule has 1 aromatic heterocycles. The SMILES string of the molecule is CCC(C)(CO)NCc1ccc(C(=O)O)o1. The Morgan fingerprint density at radius 2 is 2.25 bits per heavy atom. The molecular weight excluding hydrogens is 210 g/mol. The van der Waals surface area contributed by atoms with Gasteiger partial charge in [-0.25, -0.2) is 4.79 Å². The van der Waals surface area contributed by atoms with Gasteiger partial charge in [0.05, 0.1) is 13.2 Å². The lowest BCUT2D eigenvalue weighted by atomic mass is 10.0. The molecule has 0 fully saturated rings. The fourth-order valence-electron chi connectivity index (χ4n) is 1.18. The van der Waals surface area contributed by atoms with Crippen LogP contribution in [0.3, 0.4) is 0 Å². The van der Waals surface area contributed by atoms with E-state index in [0.717, 1.165) is 6.42 Å². The highest BCUT2D eigenvalue weighted by molar-refractivity contribution is 5.84. The van der Waals surface area contributed by atoms with E-state index in [1.807, 2.05) is 13.8 Å². The van der Waals surface area contributed by atoms with E-state index in [-0.39, 0.29) is 17.9 Å². The van der Waals surface area contributed by atoms with Gasteiger partial charge in [0.25, 0.3) is 0 Å². The number of aromatic carboxylic acids is 1. The van der Waals surface area contributed by atoms with Gasteiger partial charge < -0.3 is 19.9 Å². The first-order valence-electron chi connectivity index (χ1n) is 5.18. The normalized spacial score (nSPS) is 14.7. The van der Waals surface area contributed by atoms with Crippen molar-refractivity contribution < 1.29 is 19.4 Å². The lowest BCUT2D eigenvalue weighted by molar-refractivity contribution is 0.0659. The Kier molecular flexibility index (Phi) is 4.09. The third-order valence-electron chi connectivity index (χ3n) is 2.69. The summed E-state index contributed by atoms with van der Waals surface area (Å²) in [4.78, 5) is 10.6. The molecule has 5 heteroatoms. The summed E-state index contributed by atoms with van der Waals surface area (Å²) in [5, 5.41) is 21.0. The minimum atomic E-state index is -1.08. The van der Waals surface area contributed by atoms with Crippen LogP contribution in [0.2, 0.25) is 0 Å². The standard InChI is InChI=1S/C11H17NO4/c1-3-11(2,7-13)12-6-8-4-5-9(16-8)10(14)15/h4-5,12-13H,3,6-7H2,1-2H3,(H,14,15). The van der Waals surface area contributed by atoms with Crippen LogP contribution in [0.15, 0.2) is 16.5 Å². The number of aliphatic hydroxyl groups excluding tert-OH is 1. The molecule has 0 aromatic carbocycles. The van der Waals surface area contributed by atoms with Gasteiger partial charge in [-0.3, -0.25) is 0 Å². The van der Waals surface area contributed by atoms with E-state index in [2.05, 4.69) is 5.32 Å². The Labute approximate surface area is 94.1 Å². The zero-order chi connectivity index (χ0) is 12.2. The maximum atomic E-state index is 10.6. The predicted molar refractivity (Wildman–Crippen MR) is 58.3 cm³/mol. The molecule has 0 saturated heterocycles. The van der Waals surface area contributed by atoms with E-state index in [4.69, 9.17) is 14.6 Å². The Bertz CT molecular complexity index is 355. The zero-order valence-corrected chi connectivity index (χ0v) is 9.49. The van der Waals surface area contributed by atoms with Gasteiger partial charge in [-0.1, -0.05) is 6.92 Å². The number of aliphatic hydroxyl groups is 1. The summed E-state index contributed by atoms with van der Waals surface area (Å²) >= 11 is 0. The van der Waals surface area contributed by atoms with Crippen molar-refractivity contribution in [3.63, 3.8) is 0 Å². The summed E-state index contributed by atoms with van der Waals surface area (Å²) in [5.74, 6) is -0.601. The highest BCUT2D eigenvalue weighted by atomic mass is 16.4. The van der Waals surface area contributed by atoms with Crippen LogP contribution in [-0.4, -0.2) is 28.3 Å². The molecule has 1 unspecified atom stereocenters. The van der Waals surface area contributed by atoms with E-state index in [9.17, 15) is 4.79 Å². The summed E-state index contributed by atoms with van der Waals surface area (Å²) in [7, 11) is 0. The summed E-state index contributed by atoms with van der Waals surface area (Å²) < 4.78 is 5.09. The Balaban J connectivity index is 2.57. The molecule has 0 aliphatic heterocycles. The molecule has 1 atom stereocenters. The highest BCUT2D eigenvalue weighted by Crippen LogP contribution is 2.12. The van der Waals surface area contributed by atoms with Crippen LogP contribution in [0.1, 0.15) is 36.6 Å². The second-order valence-corrected chi connectivity index (χ2v) is 4.00. The van der Waals surface area contributed by atoms with Gasteiger partial charge in [-0.05, 0) is 25.5 Å². The van der Waals surface area contributed by atoms with Gasteiger partial charge >= 0.3 is 5.97 Å². The van der Waals surface area contributed by atoms with Crippen LogP contribution in [0.5, 0.6) is 0 Å². The van der Waals surface area contributed by atoms with E-state index < -0.39 is 5.97 Å². The molecule has 5 nitrogen and oxygen atoms in total. The fourth-order valence-corrected chi connectivity index (χ4v) is 1.18. The van der Waals surface area contributed by atoms with E-state index >= 15 is 0 Å². The summed E-state index contributed by atoms with van der Waals surface area (Å²) in [5.41, 5.74) is -0.365. The number of furan rings is 1. The van der Waals surface area contributed by atoms with Gasteiger partial charge in [0, 0.05) is 5.54 Å². The van der Waals surface area contributed by atoms with Crippen LogP contribution in [0, 0.1) is 0 Å². The van der Waals surface area contributed by atoms with Crippen LogP contribution in [0.4, 0.5) is 0 Å². The van der Waals surface area contributed by atoms with Crippen LogP contribution in [0.25, 0.3) is 0 Å². The number of hydrogen-bond donors (Lipinski definition) is 3. The van der Waals surface area contributed by atoms with E-state index in [1.54, 1.807) is 6.07 Å². The van der Waals surface area contributed by atoms with E-state index in [1.165, 1.54) is 6.07 Å². The van der Waals surface area contributed by atoms with Crippen molar-refractivity contribution in [1.82, 2.24) is 5.32 Å². The highest BCUT2D eigenvalue weighted by Gasteiger charge is 2.20. The molecule has 0 aliphatic carbocycles. The quantitative estimate of drug-likeness (QED) is 0.680. The summed E-state index contributed by atoms with van der Waals surface area (Å²) in [6.07, 6.45) is 0.774. The first kappa shape index (κ1) is 12.7. The van der Waals surface area contributed by atoms with Gasteiger partial charge in [-0.15, -0.1) is 0 Å². The van der Waals surface area contributed by atoms with Crippen molar-refractivity contribution in [2.75, 3.05) is 6.61 Å². The second-order valence-electron chi connectivity index (χ2n) is 4.00. The monoisotopic (exact) mass is 227 g/mol. The van der Waals surface area contributed by atoms with Crippen molar-refractivity contribution in [2.45, 2.75) is 32.4 Å². The Hall–Kier alpha value is -1.33. The molecule has 0 aliphatic rings. The summed E-state index contributed by atoms with van der Waals surface area (Å²) in [6.45, 7) is 4.29. The maximum absolute atomic E-state index is 10.6. The van der Waals surface area contributed by atoms with Crippen LogP contribution in [-0.2, 0) is 6.54 Å². The van der Waals surface area contributed by atoms with Crippen molar-refractivity contribution in [3.8, 4) is 0 Å². The van der Waals surface area contributed by atoms with Crippen molar-refractivity contribution >= 4 is 5.97 Å². The number of hydrogen-bond acceptors (Lipinski definition) is 4. The molecule has 0 radical (unpaired) electrons. The first-order chi connectivity index (χ1) is 7.50. The van der Waals surface area contributed by atoms with Crippen molar-refractivity contribution in [3.05, 3.63) is 23.7 Å². The molecule has 1 heterocycles. The van der Waals surface area contributed by atoms with Crippen molar-refractivity contribution in [2.24, 2.45) is 0 Å². The molecule has 3 N–H and O–H groups in total. The molecule has 16 heavy (non-hydrogen) atoms. The van der Waals surface area contributed by atoms with Gasteiger partial charge in [-0.2, -0.15) is 0 Å². The topological polar surface area (TPSA) is 82.7 Å². The zero-order valence-electron chi connectivity index (χ0n) is 9.49. The smallest absolute Gasteiger partial charge is 0.371 e. The average molecular weight is 227 g/mol. The molecule has 1 aromatic rings.